The molecule has 9 heteroatoms. The van der Waals surface area contributed by atoms with Crippen LogP contribution in [0.25, 0.3) is 0 Å². The molecule has 0 rings (SSSR count). The zero-order chi connectivity index (χ0) is 39.1. The number of hydrogen-bond donors (Lipinski definition) is 0. The predicted molar refractivity (Wildman–Crippen MR) is 222 cm³/mol. The van der Waals surface area contributed by atoms with Gasteiger partial charge in [0.2, 0.25) is 0 Å². The molecule has 53 heavy (non-hydrogen) atoms. The molecule has 0 aromatic heterocycles. The molecule has 0 heterocycles. The summed E-state index contributed by atoms with van der Waals surface area (Å²) < 4.78 is 34.5. The van der Waals surface area contributed by atoms with E-state index in [1.165, 1.54) is 135 Å². The van der Waals surface area contributed by atoms with Crippen LogP contribution in [0.2, 0.25) is 0 Å². The molecule has 2 atom stereocenters. The van der Waals surface area contributed by atoms with E-state index in [-0.39, 0.29) is 25.8 Å². The van der Waals surface area contributed by atoms with Crippen LogP contribution in [0.1, 0.15) is 206 Å². The maximum Gasteiger partial charge on any atom is 0.306 e. The van der Waals surface area contributed by atoms with Crippen molar-refractivity contribution in [2.24, 2.45) is 0 Å². The van der Waals surface area contributed by atoms with Gasteiger partial charge in [0.1, 0.15) is 19.3 Å². The maximum atomic E-state index is 12.6. The molecule has 0 N–H and O–H groups in total. The van der Waals surface area contributed by atoms with Gasteiger partial charge in [-0.15, -0.1) is 0 Å². The molecule has 0 radical (unpaired) electrons. The lowest BCUT2D eigenvalue weighted by molar-refractivity contribution is -0.870. The van der Waals surface area contributed by atoms with Crippen molar-refractivity contribution < 1.29 is 37.3 Å². The standard InChI is InChI=1S/C44H88NO7P/c1-6-8-10-12-14-16-18-19-20-21-22-23-24-25-26-27-28-30-32-34-36-39-49-41-43(42-51-53(47,48)50-40-38-45(3,4)5)52-44(46)37-35-33-31-29-17-15-13-11-9-7-2/h11,13,43H,6-10,12,14-42H2,1-5H3/b13-11-. The van der Waals surface area contributed by atoms with E-state index in [0.717, 1.165) is 51.4 Å². The Morgan fingerprint density at radius 2 is 1.02 bits per heavy atom. The van der Waals surface area contributed by atoms with Crippen LogP contribution in [0.3, 0.4) is 0 Å². The second-order valence-electron chi connectivity index (χ2n) is 16.4. The van der Waals surface area contributed by atoms with E-state index in [2.05, 4.69) is 26.0 Å². The zero-order valence-corrected chi connectivity index (χ0v) is 36.6. The van der Waals surface area contributed by atoms with Crippen LogP contribution in [-0.2, 0) is 27.9 Å². The molecule has 0 aliphatic carbocycles. The Morgan fingerprint density at radius 3 is 1.51 bits per heavy atom. The molecule has 0 aliphatic heterocycles. The summed E-state index contributed by atoms with van der Waals surface area (Å²) in [6, 6.07) is 0. The van der Waals surface area contributed by atoms with Gasteiger partial charge in [-0.05, 0) is 32.1 Å². The van der Waals surface area contributed by atoms with E-state index in [1.54, 1.807) is 0 Å². The van der Waals surface area contributed by atoms with Crippen LogP contribution in [0, 0.1) is 0 Å². The quantitative estimate of drug-likeness (QED) is 0.0200. The van der Waals surface area contributed by atoms with Crippen LogP contribution in [0.4, 0.5) is 0 Å². The number of rotatable bonds is 42. The van der Waals surface area contributed by atoms with Gasteiger partial charge in [-0.1, -0.05) is 180 Å². The number of phosphoric acid groups is 1. The number of carbonyl (C=O) groups excluding carboxylic acids is 1. The van der Waals surface area contributed by atoms with Crippen LogP contribution in [0.15, 0.2) is 12.2 Å². The number of esters is 1. The Labute approximate surface area is 329 Å². The van der Waals surface area contributed by atoms with E-state index >= 15 is 0 Å². The highest BCUT2D eigenvalue weighted by Gasteiger charge is 2.20. The number of quaternary nitrogens is 1. The van der Waals surface area contributed by atoms with Gasteiger partial charge in [-0.2, -0.15) is 0 Å². The van der Waals surface area contributed by atoms with Gasteiger partial charge >= 0.3 is 5.97 Å². The fourth-order valence-electron chi connectivity index (χ4n) is 6.31. The van der Waals surface area contributed by atoms with Gasteiger partial charge in [0.05, 0.1) is 34.4 Å². The lowest BCUT2D eigenvalue weighted by Crippen LogP contribution is -2.37. The molecule has 8 nitrogen and oxygen atoms in total. The third-order valence-electron chi connectivity index (χ3n) is 9.80. The van der Waals surface area contributed by atoms with Crippen LogP contribution in [-0.4, -0.2) is 70.7 Å². The summed E-state index contributed by atoms with van der Waals surface area (Å²) in [5.41, 5.74) is 0. The van der Waals surface area contributed by atoms with Crippen molar-refractivity contribution in [2.45, 2.75) is 213 Å². The summed E-state index contributed by atoms with van der Waals surface area (Å²) in [4.78, 5) is 24.9. The molecule has 0 saturated carbocycles. The fraction of sp³-hybridized carbons (Fsp3) is 0.932. The Hall–Kier alpha value is -0.760. The second-order valence-corrected chi connectivity index (χ2v) is 17.8. The minimum atomic E-state index is -4.52. The lowest BCUT2D eigenvalue weighted by atomic mass is 10.0. The first-order chi connectivity index (χ1) is 25.6. The molecule has 0 aliphatic rings. The molecule has 0 bridgehead atoms. The lowest BCUT2D eigenvalue weighted by Gasteiger charge is -2.28. The topological polar surface area (TPSA) is 94.1 Å². The molecule has 0 amide bonds. The zero-order valence-electron chi connectivity index (χ0n) is 35.7. The maximum absolute atomic E-state index is 12.6. The molecule has 0 spiro atoms. The molecule has 0 aromatic carbocycles. The summed E-state index contributed by atoms with van der Waals surface area (Å²) in [7, 11) is 1.36. The van der Waals surface area contributed by atoms with Gasteiger partial charge < -0.3 is 27.9 Å². The average Bonchev–Trinajstić information content (AvgIpc) is 3.11. The fourth-order valence-corrected chi connectivity index (χ4v) is 7.04. The Morgan fingerprint density at radius 1 is 0.566 bits per heavy atom. The summed E-state index contributed by atoms with van der Waals surface area (Å²) in [6.45, 7) is 5.38. The highest BCUT2D eigenvalue weighted by Crippen LogP contribution is 2.38. The number of likely N-dealkylation sites (N-methyl/N-ethyl adjacent to an activating group) is 1. The van der Waals surface area contributed by atoms with Gasteiger partial charge in [0.25, 0.3) is 7.82 Å². The van der Waals surface area contributed by atoms with Crippen molar-refractivity contribution in [3.63, 3.8) is 0 Å². The Balaban J connectivity index is 4.07. The first-order valence-electron chi connectivity index (χ1n) is 22.4. The van der Waals surface area contributed by atoms with E-state index in [4.69, 9.17) is 18.5 Å². The van der Waals surface area contributed by atoms with Crippen molar-refractivity contribution >= 4 is 13.8 Å². The van der Waals surface area contributed by atoms with Crippen molar-refractivity contribution in [3.8, 4) is 0 Å². The number of carbonyl (C=O) groups is 1. The minimum Gasteiger partial charge on any atom is -0.756 e. The molecule has 2 unspecified atom stereocenters. The highest BCUT2D eigenvalue weighted by atomic mass is 31.2. The second kappa shape index (κ2) is 38.1. The molecule has 0 aromatic rings. The van der Waals surface area contributed by atoms with Crippen LogP contribution < -0.4 is 4.89 Å². The summed E-state index contributed by atoms with van der Waals surface area (Å²) in [6.07, 6.45) is 40.9. The first kappa shape index (κ1) is 52.2. The summed E-state index contributed by atoms with van der Waals surface area (Å²) in [5.74, 6) is -0.342. The van der Waals surface area contributed by atoms with Gasteiger partial charge in [-0.25, -0.2) is 0 Å². The average molecular weight is 774 g/mol. The molecular formula is C44H88NO7P. The normalized spacial score (nSPS) is 13.8. The summed E-state index contributed by atoms with van der Waals surface area (Å²) in [5, 5.41) is 0. The minimum absolute atomic E-state index is 0.0275. The summed E-state index contributed by atoms with van der Waals surface area (Å²) >= 11 is 0. The number of allylic oxidation sites excluding steroid dienone is 2. The molecule has 0 saturated heterocycles. The van der Waals surface area contributed by atoms with E-state index in [9.17, 15) is 14.3 Å². The smallest absolute Gasteiger partial charge is 0.306 e. The highest BCUT2D eigenvalue weighted by molar-refractivity contribution is 7.45. The predicted octanol–water partition coefficient (Wildman–Crippen LogP) is 12.4. The number of ether oxygens (including phenoxy) is 2. The van der Waals surface area contributed by atoms with Crippen molar-refractivity contribution in [2.75, 3.05) is 54.1 Å². The number of unbranched alkanes of at least 4 members (excludes halogenated alkanes) is 26. The van der Waals surface area contributed by atoms with Crippen molar-refractivity contribution in [1.82, 2.24) is 0 Å². The van der Waals surface area contributed by atoms with Gasteiger partial charge in [0.15, 0.2) is 0 Å². The van der Waals surface area contributed by atoms with Gasteiger partial charge in [0, 0.05) is 13.0 Å². The third-order valence-corrected chi connectivity index (χ3v) is 10.8. The van der Waals surface area contributed by atoms with Crippen LogP contribution in [0.5, 0.6) is 0 Å². The third kappa shape index (κ3) is 42.2. The number of nitrogens with zero attached hydrogens (tertiary/aromatic N) is 1. The first-order valence-corrected chi connectivity index (χ1v) is 23.9. The van der Waals surface area contributed by atoms with Crippen LogP contribution >= 0.6 is 7.82 Å². The van der Waals surface area contributed by atoms with E-state index in [0.29, 0.717) is 24.1 Å². The SMILES string of the molecule is CCC/C=C\CCCCCCCC(=O)OC(COCCCCCCCCCCCCCCCCCCCCCCC)COP(=O)([O-])OCC[N+](C)(C)C. The number of hydrogen-bond acceptors (Lipinski definition) is 7. The van der Waals surface area contributed by atoms with Gasteiger partial charge in [-0.3, -0.25) is 9.36 Å². The monoisotopic (exact) mass is 774 g/mol. The number of phosphoric ester groups is 1. The molecular weight excluding hydrogens is 685 g/mol. The van der Waals surface area contributed by atoms with E-state index in [1.807, 2.05) is 21.1 Å². The van der Waals surface area contributed by atoms with E-state index < -0.39 is 13.9 Å². The Bertz CT molecular complexity index is 863. The Kier molecular flexibility index (Phi) is 37.6. The molecule has 316 valence electrons. The molecule has 0 fully saturated rings. The van der Waals surface area contributed by atoms with Crippen molar-refractivity contribution in [1.29, 1.82) is 0 Å². The van der Waals surface area contributed by atoms with Crippen molar-refractivity contribution in [3.05, 3.63) is 12.2 Å². The largest absolute Gasteiger partial charge is 0.756 e.